The van der Waals surface area contributed by atoms with Crippen LogP contribution in [0.15, 0.2) is 41.1 Å². The fourth-order valence-corrected chi connectivity index (χ4v) is 6.44. The largest absolute Gasteiger partial charge is 0.497 e. The lowest BCUT2D eigenvalue weighted by molar-refractivity contribution is -0.134. The third-order valence-electron chi connectivity index (χ3n) is 6.65. The van der Waals surface area contributed by atoms with Crippen molar-refractivity contribution in [3.8, 4) is 5.75 Å². The molecule has 0 bridgehead atoms. The summed E-state index contributed by atoms with van der Waals surface area (Å²) in [6.45, 7) is 2.52. The van der Waals surface area contributed by atoms with E-state index in [-0.39, 0.29) is 18.1 Å². The molecule has 0 spiro atoms. The molecule has 1 aromatic carbocycles. The number of thiazole rings is 1. The fourth-order valence-electron chi connectivity index (χ4n) is 4.27. The summed E-state index contributed by atoms with van der Waals surface area (Å²) in [7, 11) is 0.346. The molecule has 4 rings (SSSR count). The van der Waals surface area contributed by atoms with Gasteiger partial charge >= 0.3 is 10.2 Å². The van der Waals surface area contributed by atoms with E-state index in [0.29, 0.717) is 16.4 Å². The number of thiophene rings is 1. The van der Waals surface area contributed by atoms with Crippen molar-refractivity contribution in [2.24, 2.45) is 0 Å². The van der Waals surface area contributed by atoms with Gasteiger partial charge in [-0.3, -0.25) is 9.59 Å². The van der Waals surface area contributed by atoms with Gasteiger partial charge < -0.3 is 9.64 Å². The van der Waals surface area contributed by atoms with Crippen molar-refractivity contribution >= 4 is 44.7 Å². The number of benzene rings is 1. The van der Waals surface area contributed by atoms with Crippen molar-refractivity contribution in [3.63, 3.8) is 0 Å². The van der Waals surface area contributed by atoms with Gasteiger partial charge in [-0.15, -0.1) is 11.3 Å². The van der Waals surface area contributed by atoms with Crippen molar-refractivity contribution in [1.29, 1.82) is 0 Å². The number of nitrogens with one attached hydrogen (secondary N) is 1. The normalized spacial score (nSPS) is 14.3. The number of hydrogen-bond acceptors (Lipinski definition) is 8. The Morgan fingerprint density at radius 2 is 1.87 bits per heavy atom. The van der Waals surface area contributed by atoms with E-state index < -0.39 is 21.5 Å². The highest BCUT2D eigenvalue weighted by Gasteiger charge is 2.53. The summed E-state index contributed by atoms with van der Waals surface area (Å²) in [4.78, 5) is 33.5. The molecule has 0 unspecified atom stereocenters. The van der Waals surface area contributed by atoms with Crippen LogP contribution < -0.4 is 9.46 Å². The van der Waals surface area contributed by atoms with Crippen LogP contribution in [0.2, 0.25) is 0 Å². The number of hydrogen-bond donors (Lipinski definition) is 1. The molecule has 0 atom stereocenters. The second-order valence-electron chi connectivity index (χ2n) is 9.50. The summed E-state index contributed by atoms with van der Waals surface area (Å²) in [6.07, 6.45) is 3.19. The van der Waals surface area contributed by atoms with Crippen LogP contribution in [0.1, 0.15) is 50.8 Å². The standard InChI is InChI=1S/C26H32N4O5S3/c1-18-23(24(31)28-38(33,34)29(2)3)27-22(37-18)16-30(14-5-6-19-11-15-36-17-19)25(32)26(12-13-26)20-7-9-21(35-4)10-8-20/h7-11,15,17H,5-6,12-14,16H2,1-4H3,(H,28,31). The summed E-state index contributed by atoms with van der Waals surface area (Å²) in [5.74, 6) is -0.00192. The molecule has 0 aliphatic heterocycles. The molecule has 0 saturated heterocycles. The Balaban J connectivity index is 1.55. The van der Waals surface area contributed by atoms with E-state index in [1.165, 1.54) is 31.0 Å². The summed E-state index contributed by atoms with van der Waals surface area (Å²) in [6, 6.07) is 9.75. The Morgan fingerprint density at radius 3 is 2.45 bits per heavy atom. The number of rotatable bonds is 12. The van der Waals surface area contributed by atoms with Crippen molar-refractivity contribution in [1.82, 2.24) is 18.9 Å². The molecule has 12 heteroatoms. The van der Waals surface area contributed by atoms with E-state index in [2.05, 4.69) is 16.4 Å². The van der Waals surface area contributed by atoms with Gasteiger partial charge in [0.15, 0.2) is 0 Å². The van der Waals surface area contributed by atoms with E-state index in [1.807, 2.05) is 39.3 Å². The van der Waals surface area contributed by atoms with Gasteiger partial charge in [0.2, 0.25) is 5.91 Å². The van der Waals surface area contributed by atoms with E-state index in [4.69, 9.17) is 4.74 Å². The topological polar surface area (TPSA) is 109 Å². The maximum atomic E-state index is 14.0. The molecule has 1 aliphatic rings. The van der Waals surface area contributed by atoms with Crippen LogP contribution in [-0.4, -0.2) is 62.2 Å². The van der Waals surface area contributed by atoms with Crippen molar-refractivity contribution in [2.45, 2.75) is 44.6 Å². The van der Waals surface area contributed by atoms with Crippen molar-refractivity contribution in [2.75, 3.05) is 27.7 Å². The Hall–Kier alpha value is -2.80. The van der Waals surface area contributed by atoms with E-state index >= 15 is 0 Å². The average Bonchev–Trinajstić information content (AvgIpc) is 3.36. The van der Waals surface area contributed by atoms with Crippen molar-refractivity contribution in [3.05, 3.63) is 67.8 Å². The molecular weight excluding hydrogens is 545 g/mol. The van der Waals surface area contributed by atoms with Gasteiger partial charge in [0.25, 0.3) is 5.91 Å². The van der Waals surface area contributed by atoms with Gasteiger partial charge in [-0.05, 0) is 72.7 Å². The number of carbonyl (C=O) groups is 2. The number of aromatic nitrogens is 1. The molecule has 3 aromatic rings. The summed E-state index contributed by atoms with van der Waals surface area (Å²) < 4.78 is 32.5. The minimum absolute atomic E-state index is 0.0435. The second kappa shape index (κ2) is 11.5. The number of amides is 2. The first-order valence-corrected chi connectivity index (χ1v) is 15.4. The van der Waals surface area contributed by atoms with Crippen LogP contribution in [0.3, 0.4) is 0 Å². The second-order valence-corrected chi connectivity index (χ2v) is 13.5. The molecule has 1 aliphatic carbocycles. The fraction of sp³-hybridized carbons (Fsp3) is 0.423. The summed E-state index contributed by atoms with van der Waals surface area (Å²) in [5, 5.41) is 4.75. The zero-order valence-electron chi connectivity index (χ0n) is 21.9. The monoisotopic (exact) mass is 576 g/mol. The van der Waals surface area contributed by atoms with Gasteiger partial charge in [0, 0.05) is 25.5 Å². The first kappa shape index (κ1) is 28.2. The van der Waals surface area contributed by atoms with Crippen LogP contribution >= 0.6 is 22.7 Å². The van der Waals surface area contributed by atoms with E-state index in [1.54, 1.807) is 25.4 Å². The van der Waals surface area contributed by atoms with Crippen LogP contribution in [0.5, 0.6) is 5.75 Å². The highest BCUT2D eigenvalue weighted by atomic mass is 32.2. The minimum Gasteiger partial charge on any atom is -0.497 e. The molecule has 0 radical (unpaired) electrons. The SMILES string of the molecule is COc1ccc(C2(C(=O)N(CCCc3ccsc3)Cc3nc(C(=O)NS(=O)(=O)N(C)C)c(C)s3)CC2)cc1. The number of aryl methyl sites for hydroxylation is 2. The molecule has 9 nitrogen and oxygen atoms in total. The summed E-state index contributed by atoms with van der Waals surface area (Å²) in [5.41, 5.74) is 1.69. The Bertz CT molecular complexity index is 1380. The van der Waals surface area contributed by atoms with Crippen LogP contribution in [-0.2, 0) is 33.4 Å². The molecule has 1 fully saturated rings. The molecule has 204 valence electrons. The smallest absolute Gasteiger partial charge is 0.303 e. The highest BCUT2D eigenvalue weighted by molar-refractivity contribution is 7.87. The lowest BCUT2D eigenvalue weighted by Crippen LogP contribution is -2.40. The Labute approximate surface area is 231 Å². The van der Waals surface area contributed by atoms with Gasteiger partial charge in [0.05, 0.1) is 19.1 Å². The number of carbonyl (C=O) groups excluding carboxylic acids is 2. The maximum Gasteiger partial charge on any atom is 0.303 e. The van der Waals surface area contributed by atoms with Crippen LogP contribution in [0.4, 0.5) is 0 Å². The van der Waals surface area contributed by atoms with Crippen LogP contribution in [0, 0.1) is 6.92 Å². The quantitative estimate of drug-likeness (QED) is 0.352. The summed E-state index contributed by atoms with van der Waals surface area (Å²) >= 11 is 2.95. The highest BCUT2D eigenvalue weighted by Crippen LogP contribution is 2.50. The Kier molecular flexibility index (Phi) is 8.55. The maximum absolute atomic E-state index is 14.0. The first-order chi connectivity index (χ1) is 18.1. The zero-order chi connectivity index (χ0) is 27.5. The molecular formula is C26H32N4O5S3. The lowest BCUT2D eigenvalue weighted by atomic mass is 9.94. The zero-order valence-corrected chi connectivity index (χ0v) is 24.3. The average molecular weight is 577 g/mol. The van der Waals surface area contributed by atoms with Gasteiger partial charge in [-0.25, -0.2) is 9.71 Å². The van der Waals surface area contributed by atoms with Crippen molar-refractivity contribution < 1.29 is 22.7 Å². The van der Waals surface area contributed by atoms with Gasteiger partial charge in [-0.2, -0.15) is 24.1 Å². The number of methoxy groups -OCH3 is 1. The van der Waals surface area contributed by atoms with E-state index in [9.17, 15) is 18.0 Å². The Morgan fingerprint density at radius 1 is 1.16 bits per heavy atom. The molecule has 2 aromatic heterocycles. The third kappa shape index (κ3) is 6.25. The van der Waals surface area contributed by atoms with E-state index in [0.717, 1.165) is 41.3 Å². The molecule has 2 heterocycles. The minimum atomic E-state index is -3.94. The molecule has 1 saturated carbocycles. The predicted octanol–water partition coefficient (Wildman–Crippen LogP) is 3.75. The van der Waals surface area contributed by atoms with Crippen LogP contribution in [0.25, 0.3) is 0 Å². The van der Waals surface area contributed by atoms with Gasteiger partial charge in [-0.1, -0.05) is 12.1 Å². The molecule has 2 amide bonds. The number of nitrogens with zero attached hydrogens (tertiary/aromatic N) is 3. The number of ether oxygens (including phenoxy) is 1. The molecule has 1 N–H and O–H groups in total. The lowest BCUT2D eigenvalue weighted by Gasteiger charge is -2.27. The molecule has 38 heavy (non-hydrogen) atoms. The van der Waals surface area contributed by atoms with Gasteiger partial charge in [0.1, 0.15) is 16.5 Å². The first-order valence-electron chi connectivity index (χ1n) is 12.2. The predicted molar refractivity (Wildman–Crippen MR) is 149 cm³/mol. The third-order valence-corrected chi connectivity index (χ3v) is 9.74.